The van der Waals surface area contributed by atoms with Gasteiger partial charge in [-0.2, -0.15) is 24.3 Å². The number of benzene rings is 1. The quantitative estimate of drug-likeness (QED) is 0.718. The summed E-state index contributed by atoms with van der Waals surface area (Å²) in [6.45, 7) is 0.598. The normalized spacial score (nSPS) is 12.8. The van der Waals surface area contributed by atoms with Gasteiger partial charge in [0.15, 0.2) is 6.73 Å². The molecule has 0 saturated carbocycles. The Hall–Kier alpha value is -0.791. The molecule has 0 aromatic heterocycles. The summed E-state index contributed by atoms with van der Waals surface area (Å²) in [5.41, 5.74) is 1.04. The number of hydrogen-bond acceptors (Lipinski definition) is 2. The molecule has 0 spiro atoms. The molecule has 1 heterocycles. The second-order valence-corrected chi connectivity index (χ2v) is 2.30. The summed E-state index contributed by atoms with van der Waals surface area (Å²) < 4.78 is 5.04. The van der Waals surface area contributed by atoms with Gasteiger partial charge in [-0.1, -0.05) is 5.69 Å². The number of nitrogens with zero attached hydrogens (tertiary/aromatic N) is 1. The van der Waals surface area contributed by atoms with Crippen LogP contribution in [-0.2, 0) is 24.8 Å². The molecule has 1 aromatic rings. The minimum Gasteiger partial charge on any atom is -0.479 e. The number of para-hydroxylation sites is 1. The minimum atomic E-state index is 0. The Bertz CT molecular complexity index is 261. The molecule has 3 heteroatoms. The molecule has 0 unspecified atom stereocenters. The maximum Gasteiger partial charge on any atom is 0.162 e. The molecule has 2 rings (SSSR count). The number of rotatable bonds is 1. The van der Waals surface area contributed by atoms with Crippen LogP contribution in [0.25, 0.3) is 0 Å². The first-order valence-corrected chi connectivity index (χ1v) is 3.48. The first kappa shape index (κ1) is 12.2. The molecule has 0 N–H and O–H groups in total. The summed E-state index contributed by atoms with van der Waals surface area (Å²) in [5.74, 6) is 0. The number of ether oxygens (including phenoxy) is 1. The van der Waals surface area contributed by atoms with E-state index in [-0.39, 0.29) is 27.5 Å². The summed E-state index contributed by atoms with van der Waals surface area (Å²) in [6, 6.07) is 10.9. The molecular weight excluding hydrogens is 342 g/mol. The molecule has 13 heavy (non-hydrogen) atoms. The van der Waals surface area contributed by atoms with Crippen molar-refractivity contribution in [1.29, 1.82) is 0 Å². The SMILES string of the molecule is [CH3-].[Ir].[c-]1ccccc1N1C=COC1. The minimum absolute atomic E-state index is 0. The van der Waals surface area contributed by atoms with E-state index in [4.69, 9.17) is 4.74 Å². The van der Waals surface area contributed by atoms with Crippen LogP contribution in [-0.4, -0.2) is 6.73 Å². The van der Waals surface area contributed by atoms with Gasteiger partial charge in [-0.25, -0.2) is 0 Å². The fraction of sp³-hybridized carbons (Fsp3) is 0.100. The van der Waals surface area contributed by atoms with Crippen molar-refractivity contribution >= 4 is 5.69 Å². The third-order valence-electron chi connectivity index (χ3n) is 1.55. The van der Waals surface area contributed by atoms with Crippen molar-refractivity contribution in [2.24, 2.45) is 0 Å². The molecular formula is C10H11IrNO-2. The van der Waals surface area contributed by atoms with Gasteiger partial charge in [0.2, 0.25) is 0 Å². The third-order valence-corrected chi connectivity index (χ3v) is 1.55. The summed E-state index contributed by atoms with van der Waals surface area (Å²) >= 11 is 0. The van der Waals surface area contributed by atoms with E-state index in [1.165, 1.54) is 0 Å². The smallest absolute Gasteiger partial charge is 0.162 e. The van der Waals surface area contributed by atoms with E-state index in [1.54, 1.807) is 6.26 Å². The van der Waals surface area contributed by atoms with E-state index in [0.717, 1.165) is 5.69 Å². The fourth-order valence-corrected chi connectivity index (χ4v) is 0.995. The number of hydrogen-bond donors (Lipinski definition) is 0. The van der Waals surface area contributed by atoms with Crippen molar-refractivity contribution in [1.82, 2.24) is 0 Å². The maximum atomic E-state index is 5.04. The van der Waals surface area contributed by atoms with E-state index < -0.39 is 0 Å². The van der Waals surface area contributed by atoms with Gasteiger partial charge in [0.05, 0.1) is 0 Å². The number of anilines is 1. The maximum absolute atomic E-state index is 5.04. The van der Waals surface area contributed by atoms with E-state index in [2.05, 4.69) is 6.07 Å². The summed E-state index contributed by atoms with van der Waals surface area (Å²) in [6.07, 6.45) is 3.58. The Balaban J connectivity index is 0.000000720. The predicted octanol–water partition coefficient (Wildman–Crippen LogP) is 2.20. The fourth-order valence-electron chi connectivity index (χ4n) is 0.995. The zero-order chi connectivity index (χ0) is 7.52. The molecule has 0 fully saturated rings. The molecule has 2 nitrogen and oxygen atoms in total. The van der Waals surface area contributed by atoms with Crippen molar-refractivity contribution in [3.8, 4) is 0 Å². The first-order valence-electron chi connectivity index (χ1n) is 3.48. The van der Waals surface area contributed by atoms with Crippen molar-refractivity contribution in [3.63, 3.8) is 0 Å². The van der Waals surface area contributed by atoms with Crippen LogP contribution in [0.2, 0.25) is 0 Å². The standard InChI is InChI=1S/C9H8NO.CH3.Ir/c1-2-4-9(5-3-1)10-6-7-11-8-10;;/h1-4,6-7H,8H2;1H3;/q2*-1;. The van der Waals surface area contributed by atoms with Crippen LogP contribution in [0.5, 0.6) is 0 Å². The molecule has 0 amide bonds. The van der Waals surface area contributed by atoms with Crippen molar-refractivity contribution in [3.05, 3.63) is 50.2 Å². The Morgan fingerprint density at radius 1 is 1.38 bits per heavy atom. The van der Waals surface area contributed by atoms with Crippen molar-refractivity contribution in [2.75, 3.05) is 11.6 Å². The van der Waals surface area contributed by atoms with Crippen molar-refractivity contribution < 1.29 is 24.8 Å². The van der Waals surface area contributed by atoms with Gasteiger partial charge >= 0.3 is 0 Å². The van der Waals surface area contributed by atoms with Gasteiger partial charge < -0.3 is 17.1 Å². The third kappa shape index (κ3) is 2.87. The van der Waals surface area contributed by atoms with E-state index >= 15 is 0 Å². The van der Waals surface area contributed by atoms with Crippen LogP contribution in [0, 0.1) is 13.5 Å². The molecule has 0 aliphatic carbocycles. The first-order chi connectivity index (χ1) is 5.47. The van der Waals surface area contributed by atoms with Crippen molar-refractivity contribution in [2.45, 2.75) is 0 Å². The predicted molar refractivity (Wildman–Crippen MR) is 49.3 cm³/mol. The van der Waals surface area contributed by atoms with Crippen LogP contribution in [0.15, 0.2) is 36.7 Å². The Morgan fingerprint density at radius 3 is 2.77 bits per heavy atom. The average molecular weight is 353 g/mol. The van der Waals surface area contributed by atoms with E-state index in [9.17, 15) is 0 Å². The molecule has 1 radical (unpaired) electrons. The molecule has 1 aliphatic rings. The second kappa shape index (κ2) is 5.79. The Labute approximate surface area is 92.6 Å². The van der Waals surface area contributed by atoms with E-state index in [1.807, 2.05) is 35.4 Å². The molecule has 0 saturated heterocycles. The largest absolute Gasteiger partial charge is 0.479 e. The molecule has 1 aliphatic heterocycles. The summed E-state index contributed by atoms with van der Waals surface area (Å²) in [5, 5.41) is 0. The summed E-state index contributed by atoms with van der Waals surface area (Å²) in [4.78, 5) is 1.99. The molecule has 0 bridgehead atoms. The molecule has 73 valence electrons. The molecule has 0 atom stereocenters. The average Bonchev–Trinajstić information content (AvgIpc) is 2.58. The van der Waals surface area contributed by atoms with Crippen LogP contribution in [0.1, 0.15) is 0 Å². The zero-order valence-electron chi connectivity index (χ0n) is 7.36. The van der Waals surface area contributed by atoms with Gasteiger partial charge in [-0.05, 0) is 0 Å². The zero-order valence-corrected chi connectivity index (χ0v) is 9.76. The second-order valence-electron chi connectivity index (χ2n) is 2.30. The van der Waals surface area contributed by atoms with Crippen LogP contribution < -0.4 is 4.90 Å². The van der Waals surface area contributed by atoms with Gasteiger partial charge in [0.1, 0.15) is 6.26 Å². The monoisotopic (exact) mass is 354 g/mol. The Kier molecular flexibility index (Phi) is 5.43. The van der Waals surface area contributed by atoms with Gasteiger partial charge in [-0.15, -0.1) is 6.07 Å². The van der Waals surface area contributed by atoms with Crippen LogP contribution in [0.3, 0.4) is 0 Å². The van der Waals surface area contributed by atoms with Crippen LogP contribution >= 0.6 is 0 Å². The van der Waals surface area contributed by atoms with Gasteiger partial charge in [0, 0.05) is 26.3 Å². The topological polar surface area (TPSA) is 12.5 Å². The Morgan fingerprint density at radius 2 is 2.23 bits per heavy atom. The van der Waals surface area contributed by atoms with Gasteiger partial charge in [-0.3, -0.25) is 0 Å². The summed E-state index contributed by atoms with van der Waals surface area (Å²) in [7, 11) is 0. The van der Waals surface area contributed by atoms with Crippen LogP contribution in [0.4, 0.5) is 5.69 Å². The molecule has 1 aromatic carbocycles. The van der Waals surface area contributed by atoms with E-state index in [0.29, 0.717) is 6.73 Å². The van der Waals surface area contributed by atoms with Gasteiger partial charge in [0.25, 0.3) is 0 Å².